The first-order chi connectivity index (χ1) is 9.22. The van der Waals surface area contributed by atoms with Gasteiger partial charge in [-0.25, -0.2) is 13.8 Å². The van der Waals surface area contributed by atoms with Gasteiger partial charge in [-0.1, -0.05) is 6.07 Å². The Morgan fingerprint density at radius 3 is 2.95 bits per heavy atom. The van der Waals surface area contributed by atoms with Gasteiger partial charge in [-0.05, 0) is 24.8 Å². The minimum atomic E-state index is -0.707. The molecule has 3 rings (SSSR count). The third-order valence-corrected chi connectivity index (χ3v) is 3.14. The van der Waals surface area contributed by atoms with Crippen molar-refractivity contribution in [3.05, 3.63) is 53.0 Å². The lowest BCUT2D eigenvalue weighted by Crippen LogP contribution is -2.04. The van der Waals surface area contributed by atoms with Crippen molar-refractivity contribution >= 4 is 0 Å². The number of nitrogens with zero attached hydrogens (tertiary/aromatic N) is 2. The third kappa shape index (κ3) is 2.54. The molecule has 0 aromatic carbocycles. The van der Waals surface area contributed by atoms with Crippen molar-refractivity contribution in [2.24, 2.45) is 0 Å². The van der Waals surface area contributed by atoms with Gasteiger partial charge >= 0.3 is 0 Å². The molecule has 1 aliphatic carbocycles. The Morgan fingerprint density at radius 1 is 1.21 bits per heavy atom. The smallest absolute Gasteiger partial charge is 0.213 e. The fourth-order valence-corrected chi connectivity index (χ4v) is 2.17. The van der Waals surface area contributed by atoms with Crippen molar-refractivity contribution in [3.8, 4) is 5.88 Å². The van der Waals surface area contributed by atoms with Gasteiger partial charge in [-0.3, -0.25) is 4.98 Å². The molecule has 19 heavy (non-hydrogen) atoms. The first kappa shape index (κ1) is 12.0. The topological polar surface area (TPSA) is 35.0 Å². The SMILES string of the molecule is Fc1cnc(COc2ccc3c(n2)CCC3)c(F)c1. The van der Waals surface area contributed by atoms with E-state index in [4.69, 9.17) is 4.74 Å². The average molecular weight is 262 g/mol. The molecule has 98 valence electrons. The highest BCUT2D eigenvalue weighted by atomic mass is 19.1. The normalized spacial score (nSPS) is 13.4. The van der Waals surface area contributed by atoms with Crippen LogP contribution < -0.4 is 4.74 Å². The van der Waals surface area contributed by atoms with Crippen LogP contribution in [0, 0.1) is 11.6 Å². The number of rotatable bonds is 3. The average Bonchev–Trinajstić information content (AvgIpc) is 2.85. The number of halogens is 2. The monoisotopic (exact) mass is 262 g/mol. The van der Waals surface area contributed by atoms with Crippen LogP contribution in [-0.4, -0.2) is 9.97 Å². The Balaban J connectivity index is 1.72. The van der Waals surface area contributed by atoms with E-state index in [0.29, 0.717) is 5.88 Å². The van der Waals surface area contributed by atoms with Crippen LogP contribution in [-0.2, 0) is 19.4 Å². The van der Waals surface area contributed by atoms with Gasteiger partial charge in [0, 0.05) is 17.8 Å². The second-order valence-electron chi connectivity index (χ2n) is 4.48. The highest BCUT2D eigenvalue weighted by molar-refractivity contribution is 5.29. The van der Waals surface area contributed by atoms with Gasteiger partial charge < -0.3 is 4.74 Å². The summed E-state index contributed by atoms with van der Waals surface area (Å²) in [5.41, 5.74) is 2.37. The summed E-state index contributed by atoms with van der Waals surface area (Å²) in [5.74, 6) is -0.954. The van der Waals surface area contributed by atoms with E-state index in [9.17, 15) is 8.78 Å². The van der Waals surface area contributed by atoms with Crippen molar-refractivity contribution in [1.29, 1.82) is 0 Å². The van der Waals surface area contributed by atoms with E-state index >= 15 is 0 Å². The van der Waals surface area contributed by atoms with Gasteiger partial charge in [-0.2, -0.15) is 0 Å². The van der Waals surface area contributed by atoms with Gasteiger partial charge in [0.2, 0.25) is 5.88 Å². The predicted octanol–water partition coefficient (Wildman–Crippen LogP) is 2.82. The van der Waals surface area contributed by atoms with E-state index in [-0.39, 0.29) is 12.3 Å². The van der Waals surface area contributed by atoms with Crippen molar-refractivity contribution in [3.63, 3.8) is 0 Å². The largest absolute Gasteiger partial charge is 0.471 e. The van der Waals surface area contributed by atoms with Crippen LogP contribution >= 0.6 is 0 Å². The molecule has 0 N–H and O–H groups in total. The summed E-state index contributed by atoms with van der Waals surface area (Å²) >= 11 is 0. The van der Waals surface area contributed by atoms with E-state index in [1.165, 1.54) is 5.56 Å². The molecule has 0 unspecified atom stereocenters. The summed E-state index contributed by atoms with van der Waals surface area (Å²) in [5, 5.41) is 0. The van der Waals surface area contributed by atoms with Crippen LogP contribution in [0.25, 0.3) is 0 Å². The molecular formula is C14H12F2N2O. The minimum absolute atomic E-state index is 0.0576. The predicted molar refractivity (Wildman–Crippen MR) is 64.7 cm³/mol. The maximum atomic E-state index is 13.4. The Hall–Kier alpha value is -2.04. The molecule has 2 aromatic heterocycles. The van der Waals surface area contributed by atoms with Gasteiger partial charge in [0.05, 0.1) is 6.20 Å². The summed E-state index contributed by atoms with van der Waals surface area (Å²) in [4.78, 5) is 8.03. The molecule has 0 radical (unpaired) electrons. The molecule has 0 saturated carbocycles. The summed E-state index contributed by atoms with van der Waals surface area (Å²) in [6.45, 7) is -0.0576. The molecule has 2 aromatic rings. The van der Waals surface area contributed by atoms with Crippen LogP contribution in [0.2, 0.25) is 0 Å². The van der Waals surface area contributed by atoms with Crippen molar-refractivity contribution < 1.29 is 13.5 Å². The molecule has 0 amide bonds. The van der Waals surface area contributed by atoms with Crippen molar-refractivity contribution in [2.45, 2.75) is 25.9 Å². The first-order valence-electron chi connectivity index (χ1n) is 6.14. The number of pyridine rings is 2. The molecule has 1 aliphatic rings. The van der Waals surface area contributed by atoms with E-state index in [2.05, 4.69) is 9.97 Å². The number of hydrogen-bond donors (Lipinski definition) is 0. The van der Waals surface area contributed by atoms with Gasteiger partial charge in [0.15, 0.2) is 5.82 Å². The van der Waals surface area contributed by atoms with Crippen molar-refractivity contribution in [1.82, 2.24) is 9.97 Å². The molecule has 0 fully saturated rings. The molecule has 2 heterocycles. The quantitative estimate of drug-likeness (QED) is 0.853. The van der Waals surface area contributed by atoms with Gasteiger partial charge in [-0.15, -0.1) is 0 Å². The number of fused-ring (bicyclic) bond motifs is 1. The van der Waals surface area contributed by atoms with Gasteiger partial charge in [0.1, 0.15) is 18.1 Å². The molecule has 0 aliphatic heterocycles. The molecule has 5 heteroatoms. The lowest BCUT2D eigenvalue weighted by atomic mass is 10.2. The van der Waals surface area contributed by atoms with E-state index in [1.807, 2.05) is 6.07 Å². The first-order valence-corrected chi connectivity index (χ1v) is 6.14. The summed E-state index contributed by atoms with van der Waals surface area (Å²) in [6, 6.07) is 4.55. The Labute approximate surface area is 109 Å². The van der Waals surface area contributed by atoms with Crippen molar-refractivity contribution in [2.75, 3.05) is 0 Å². The number of aromatic nitrogens is 2. The van der Waals surface area contributed by atoms with Crippen LogP contribution in [0.3, 0.4) is 0 Å². The fourth-order valence-electron chi connectivity index (χ4n) is 2.17. The molecular weight excluding hydrogens is 250 g/mol. The maximum absolute atomic E-state index is 13.4. The number of hydrogen-bond acceptors (Lipinski definition) is 3. The zero-order valence-corrected chi connectivity index (χ0v) is 10.2. The third-order valence-electron chi connectivity index (χ3n) is 3.14. The molecule has 0 saturated heterocycles. The Kier molecular flexibility index (Phi) is 3.11. The Bertz CT molecular complexity index is 616. The summed E-state index contributed by atoms with van der Waals surface area (Å²) < 4.78 is 31.5. The van der Waals surface area contributed by atoms with Crippen LogP contribution in [0.4, 0.5) is 8.78 Å². The summed E-state index contributed by atoms with van der Waals surface area (Å²) in [6.07, 6.45) is 4.09. The van der Waals surface area contributed by atoms with E-state index in [1.54, 1.807) is 6.07 Å². The van der Waals surface area contributed by atoms with E-state index in [0.717, 1.165) is 37.2 Å². The Morgan fingerprint density at radius 2 is 2.11 bits per heavy atom. The highest BCUT2D eigenvalue weighted by Crippen LogP contribution is 2.22. The highest BCUT2D eigenvalue weighted by Gasteiger charge is 2.13. The summed E-state index contributed by atoms with van der Waals surface area (Å²) in [7, 11) is 0. The number of ether oxygens (including phenoxy) is 1. The second kappa shape index (κ2) is 4.91. The maximum Gasteiger partial charge on any atom is 0.213 e. The lowest BCUT2D eigenvalue weighted by Gasteiger charge is -2.07. The zero-order valence-electron chi connectivity index (χ0n) is 10.2. The molecule has 0 spiro atoms. The number of aryl methyl sites for hydroxylation is 2. The second-order valence-corrected chi connectivity index (χ2v) is 4.48. The molecule has 3 nitrogen and oxygen atoms in total. The van der Waals surface area contributed by atoms with Crippen LogP contribution in [0.5, 0.6) is 5.88 Å². The zero-order chi connectivity index (χ0) is 13.2. The van der Waals surface area contributed by atoms with Crippen LogP contribution in [0.15, 0.2) is 24.4 Å². The van der Waals surface area contributed by atoms with E-state index < -0.39 is 11.6 Å². The van der Waals surface area contributed by atoms with Gasteiger partial charge in [0.25, 0.3) is 0 Å². The standard InChI is InChI=1S/C14H12F2N2O/c15-10-6-11(16)13(17-7-10)8-19-14-5-4-9-2-1-3-12(9)18-14/h4-7H,1-3,8H2. The van der Waals surface area contributed by atoms with Crippen LogP contribution in [0.1, 0.15) is 23.4 Å². The molecule has 0 bridgehead atoms. The lowest BCUT2D eigenvalue weighted by molar-refractivity contribution is 0.281. The minimum Gasteiger partial charge on any atom is -0.471 e. The fraction of sp³-hybridized carbons (Fsp3) is 0.286. The molecule has 0 atom stereocenters.